The van der Waals surface area contributed by atoms with Gasteiger partial charge in [0.25, 0.3) is 5.91 Å². The Bertz CT molecular complexity index is 1020. The Labute approximate surface area is 165 Å². The van der Waals surface area contributed by atoms with E-state index in [1.807, 2.05) is 92.7 Å². The van der Waals surface area contributed by atoms with Crippen molar-refractivity contribution in [3.05, 3.63) is 95.6 Å². The topological polar surface area (TPSA) is 40.6 Å². The van der Waals surface area contributed by atoms with Crippen molar-refractivity contribution in [2.24, 2.45) is 0 Å². The van der Waals surface area contributed by atoms with E-state index in [0.717, 1.165) is 28.1 Å². The van der Waals surface area contributed by atoms with Crippen molar-refractivity contribution in [3.8, 4) is 0 Å². The molecule has 1 unspecified atom stereocenters. The summed E-state index contributed by atoms with van der Waals surface area (Å²) in [6, 6.07) is 24.1. The van der Waals surface area contributed by atoms with E-state index in [-0.39, 0.29) is 18.4 Å². The van der Waals surface area contributed by atoms with Crippen molar-refractivity contribution in [2.45, 2.75) is 19.9 Å². The zero-order valence-corrected chi connectivity index (χ0v) is 16.0. The summed E-state index contributed by atoms with van der Waals surface area (Å²) in [7, 11) is 0. The van der Waals surface area contributed by atoms with Crippen LogP contribution in [0.5, 0.6) is 0 Å². The molecule has 28 heavy (non-hydrogen) atoms. The van der Waals surface area contributed by atoms with Gasteiger partial charge in [-0.3, -0.25) is 14.5 Å². The first-order chi connectivity index (χ1) is 13.6. The summed E-state index contributed by atoms with van der Waals surface area (Å²) in [5.74, 6) is -0.198. The van der Waals surface area contributed by atoms with Crippen LogP contribution < -0.4 is 9.80 Å². The third kappa shape index (κ3) is 3.18. The van der Waals surface area contributed by atoms with E-state index >= 15 is 0 Å². The number of hydrogen-bond acceptors (Lipinski definition) is 2. The molecule has 0 spiro atoms. The Morgan fingerprint density at radius 1 is 0.750 bits per heavy atom. The predicted molar refractivity (Wildman–Crippen MR) is 111 cm³/mol. The lowest BCUT2D eigenvalue weighted by atomic mass is 9.99. The van der Waals surface area contributed by atoms with Crippen LogP contribution in [0.3, 0.4) is 0 Å². The van der Waals surface area contributed by atoms with E-state index in [9.17, 15) is 9.59 Å². The average Bonchev–Trinajstić information content (AvgIpc) is 2.72. The quantitative estimate of drug-likeness (QED) is 0.685. The van der Waals surface area contributed by atoms with Gasteiger partial charge in [0.2, 0.25) is 5.91 Å². The molecule has 2 amide bonds. The van der Waals surface area contributed by atoms with Crippen LogP contribution in [0.15, 0.2) is 78.9 Å². The Morgan fingerprint density at radius 2 is 1.39 bits per heavy atom. The molecule has 0 N–H and O–H groups in total. The second kappa shape index (κ2) is 7.31. The molecule has 4 nitrogen and oxygen atoms in total. The summed E-state index contributed by atoms with van der Waals surface area (Å²) in [5.41, 5.74) is 4.55. The fourth-order valence-corrected chi connectivity index (χ4v) is 3.61. The van der Waals surface area contributed by atoms with Crippen molar-refractivity contribution in [1.82, 2.24) is 0 Å². The van der Waals surface area contributed by atoms with Crippen LogP contribution in [0.4, 0.5) is 11.4 Å². The summed E-state index contributed by atoms with van der Waals surface area (Å²) in [6.07, 6.45) is 0. The number of carbonyl (C=O) groups excluding carboxylic acids is 2. The number of anilines is 2. The number of piperazine rings is 1. The van der Waals surface area contributed by atoms with Crippen LogP contribution in [0, 0.1) is 13.8 Å². The standard InChI is InChI=1S/C24H22N2O2/c1-17-13-14-21(15-18(17)2)25-16-22(27)26(20-11-7-4-8-12-20)23(24(25)28)19-9-5-3-6-10-19/h3-15,23H,16H2,1-2H3. The Balaban J connectivity index is 1.81. The van der Waals surface area contributed by atoms with Crippen LogP contribution in [0.1, 0.15) is 22.7 Å². The lowest BCUT2D eigenvalue weighted by Crippen LogP contribution is -2.56. The molecule has 3 aromatic carbocycles. The number of hydrogen-bond donors (Lipinski definition) is 0. The summed E-state index contributed by atoms with van der Waals surface area (Å²) >= 11 is 0. The Kier molecular flexibility index (Phi) is 4.70. The van der Waals surface area contributed by atoms with E-state index in [4.69, 9.17) is 0 Å². The molecule has 0 saturated carbocycles. The van der Waals surface area contributed by atoms with Crippen LogP contribution >= 0.6 is 0 Å². The van der Waals surface area contributed by atoms with Gasteiger partial charge in [0.1, 0.15) is 12.6 Å². The van der Waals surface area contributed by atoms with E-state index in [0.29, 0.717) is 0 Å². The van der Waals surface area contributed by atoms with Gasteiger partial charge < -0.3 is 4.90 Å². The van der Waals surface area contributed by atoms with Gasteiger partial charge in [0.05, 0.1) is 0 Å². The molecular weight excluding hydrogens is 348 g/mol. The maximum Gasteiger partial charge on any atom is 0.255 e. The van der Waals surface area contributed by atoms with Crippen molar-refractivity contribution in [2.75, 3.05) is 16.3 Å². The van der Waals surface area contributed by atoms with E-state index in [1.165, 1.54) is 0 Å². The number of rotatable bonds is 3. The smallest absolute Gasteiger partial charge is 0.255 e. The van der Waals surface area contributed by atoms with Gasteiger partial charge in [-0.15, -0.1) is 0 Å². The number of nitrogens with zero attached hydrogens (tertiary/aromatic N) is 2. The lowest BCUT2D eigenvalue weighted by molar-refractivity contribution is -0.128. The first kappa shape index (κ1) is 18.0. The molecule has 0 aliphatic carbocycles. The molecule has 0 radical (unpaired) electrons. The van der Waals surface area contributed by atoms with Gasteiger partial charge in [0, 0.05) is 11.4 Å². The molecule has 1 fully saturated rings. The number of carbonyl (C=O) groups is 2. The lowest BCUT2D eigenvalue weighted by Gasteiger charge is -2.40. The van der Waals surface area contributed by atoms with Crippen molar-refractivity contribution in [1.29, 1.82) is 0 Å². The average molecular weight is 370 g/mol. The molecule has 0 bridgehead atoms. The molecule has 3 aromatic rings. The molecule has 140 valence electrons. The van der Waals surface area contributed by atoms with E-state index < -0.39 is 6.04 Å². The van der Waals surface area contributed by atoms with Crippen LogP contribution in [0.2, 0.25) is 0 Å². The SMILES string of the molecule is Cc1ccc(N2CC(=O)N(c3ccccc3)C(c3ccccc3)C2=O)cc1C. The molecule has 0 aromatic heterocycles. The highest BCUT2D eigenvalue weighted by Gasteiger charge is 2.41. The normalized spacial score (nSPS) is 17.1. The van der Waals surface area contributed by atoms with Gasteiger partial charge in [-0.25, -0.2) is 0 Å². The fraction of sp³-hybridized carbons (Fsp3) is 0.167. The van der Waals surface area contributed by atoms with Gasteiger partial charge in [0.15, 0.2) is 0 Å². The highest BCUT2D eigenvalue weighted by Crippen LogP contribution is 2.34. The van der Waals surface area contributed by atoms with Crippen LogP contribution in [-0.2, 0) is 9.59 Å². The zero-order chi connectivity index (χ0) is 19.7. The minimum Gasteiger partial charge on any atom is -0.301 e. The molecule has 1 aliphatic rings. The minimum atomic E-state index is -0.688. The van der Waals surface area contributed by atoms with Crippen molar-refractivity contribution >= 4 is 23.2 Å². The first-order valence-corrected chi connectivity index (χ1v) is 9.37. The first-order valence-electron chi connectivity index (χ1n) is 9.37. The van der Waals surface area contributed by atoms with Gasteiger partial charge in [-0.1, -0.05) is 54.6 Å². The third-order valence-electron chi connectivity index (χ3n) is 5.27. The van der Waals surface area contributed by atoms with E-state index in [2.05, 4.69) is 0 Å². The van der Waals surface area contributed by atoms with Gasteiger partial charge in [-0.2, -0.15) is 0 Å². The maximum atomic E-state index is 13.6. The molecule has 4 heteroatoms. The molecule has 1 aliphatic heterocycles. The highest BCUT2D eigenvalue weighted by atomic mass is 16.2. The summed E-state index contributed by atoms with van der Waals surface area (Å²) in [6.45, 7) is 4.08. The molecule has 1 saturated heterocycles. The number of benzene rings is 3. The maximum absolute atomic E-state index is 13.6. The van der Waals surface area contributed by atoms with Gasteiger partial charge in [-0.05, 0) is 54.8 Å². The van der Waals surface area contributed by atoms with Crippen LogP contribution in [-0.4, -0.2) is 18.4 Å². The summed E-state index contributed by atoms with van der Waals surface area (Å²) in [5, 5.41) is 0. The third-order valence-corrected chi connectivity index (χ3v) is 5.27. The van der Waals surface area contributed by atoms with Crippen molar-refractivity contribution in [3.63, 3.8) is 0 Å². The molecule has 1 heterocycles. The number of amides is 2. The fourth-order valence-electron chi connectivity index (χ4n) is 3.61. The Morgan fingerprint density at radius 3 is 2.04 bits per heavy atom. The second-order valence-electron chi connectivity index (χ2n) is 7.11. The number of aryl methyl sites for hydroxylation is 2. The minimum absolute atomic E-state index is 0.0273. The predicted octanol–water partition coefficient (Wildman–Crippen LogP) is 4.42. The van der Waals surface area contributed by atoms with Crippen LogP contribution in [0.25, 0.3) is 0 Å². The van der Waals surface area contributed by atoms with E-state index in [1.54, 1.807) is 9.80 Å². The molecular formula is C24H22N2O2. The second-order valence-corrected chi connectivity index (χ2v) is 7.11. The monoisotopic (exact) mass is 370 g/mol. The zero-order valence-electron chi connectivity index (χ0n) is 16.0. The largest absolute Gasteiger partial charge is 0.301 e. The summed E-state index contributed by atoms with van der Waals surface area (Å²) in [4.78, 5) is 30.0. The van der Waals surface area contributed by atoms with Crippen molar-refractivity contribution < 1.29 is 9.59 Å². The highest BCUT2D eigenvalue weighted by molar-refractivity contribution is 6.14. The Hall–Kier alpha value is -3.40. The molecule has 4 rings (SSSR count). The number of para-hydroxylation sites is 1. The summed E-state index contributed by atoms with van der Waals surface area (Å²) < 4.78 is 0. The van der Waals surface area contributed by atoms with Gasteiger partial charge >= 0.3 is 0 Å². The molecule has 1 atom stereocenters.